The highest BCUT2D eigenvalue weighted by Gasteiger charge is 2.25. The van der Waals surface area contributed by atoms with Gasteiger partial charge in [-0.3, -0.25) is 0 Å². The smallest absolute Gasteiger partial charge is 0.134 e. The van der Waals surface area contributed by atoms with Gasteiger partial charge in [0.1, 0.15) is 23.7 Å². The third-order valence-corrected chi connectivity index (χ3v) is 3.88. The van der Waals surface area contributed by atoms with Gasteiger partial charge < -0.3 is 19.3 Å². The molecule has 0 bridgehead atoms. The van der Waals surface area contributed by atoms with Crippen molar-refractivity contribution in [1.29, 1.82) is 0 Å². The highest BCUT2D eigenvalue weighted by Crippen LogP contribution is 2.25. The zero-order valence-corrected chi connectivity index (χ0v) is 12.1. The lowest BCUT2D eigenvalue weighted by Gasteiger charge is -2.25. The molecule has 3 heterocycles. The van der Waals surface area contributed by atoms with Gasteiger partial charge in [-0.1, -0.05) is 0 Å². The zero-order chi connectivity index (χ0) is 14.7. The zero-order valence-electron chi connectivity index (χ0n) is 12.1. The second-order valence-corrected chi connectivity index (χ2v) is 5.34. The Hall–Kier alpha value is -2.08. The SMILES string of the molecule is CN(Cc1ccco1)c1cc(N2CCC[C@@H]2CO)ncn1. The largest absolute Gasteiger partial charge is 0.467 e. The van der Waals surface area contributed by atoms with Gasteiger partial charge in [0.25, 0.3) is 0 Å². The van der Waals surface area contributed by atoms with Crippen LogP contribution in [0.1, 0.15) is 18.6 Å². The Morgan fingerprint density at radius 2 is 2.38 bits per heavy atom. The molecular weight excluding hydrogens is 268 g/mol. The van der Waals surface area contributed by atoms with Crippen LogP contribution in [-0.2, 0) is 6.54 Å². The fourth-order valence-electron chi connectivity index (χ4n) is 2.75. The molecule has 112 valence electrons. The average Bonchev–Trinajstić information content (AvgIpc) is 3.18. The molecule has 1 fully saturated rings. The van der Waals surface area contributed by atoms with E-state index in [1.54, 1.807) is 12.6 Å². The number of hydrogen-bond donors (Lipinski definition) is 1. The number of nitrogens with zero attached hydrogens (tertiary/aromatic N) is 4. The van der Waals surface area contributed by atoms with E-state index >= 15 is 0 Å². The molecule has 0 unspecified atom stereocenters. The van der Waals surface area contributed by atoms with Crippen LogP contribution in [0.15, 0.2) is 35.2 Å². The van der Waals surface area contributed by atoms with E-state index in [9.17, 15) is 5.11 Å². The van der Waals surface area contributed by atoms with Gasteiger partial charge in [-0.15, -0.1) is 0 Å². The maximum Gasteiger partial charge on any atom is 0.134 e. The lowest BCUT2D eigenvalue weighted by molar-refractivity contribution is 0.266. The molecule has 1 aliphatic rings. The Bertz CT molecular complexity index is 573. The second kappa shape index (κ2) is 6.13. The highest BCUT2D eigenvalue weighted by molar-refractivity contribution is 5.51. The van der Waals surface area contributed by atoms with Gasteiger partial charge in [0.15, 0.2) is 0 Å². The van der Waals surface area contributed by atoms with Crippen molar-refractivity contribution < 1.29 is 9.52 Å². The van der Waals surface area contributed by atoms with Crippen molar-refractivity contribution in [1.82, 2.24) is 9.97 Å². The number of rotatable bonds is 5. The van der Waals surface area contributed by atoms with Gasteiger partial charge in [-0.2, -0.15) is 0 Å². The van der Waals surface area contributed by atoms with Crippen molar-refractivity contribution >= 4 is 11.6 Å². The van der Waals surface area contributed by atoms with Gasteiger partial charge in [0, 0.05) is 19.7 Å². The summed E-state index contributed by atoms with van der Waals surface area (Å²) < 4.78 is 5.36. The van der Waals surface area contributed by atoms with Crippen LogP contribution in [0, 0.1) is 0 Å². The average molecular weight is 288 g/mol. The first kappa shape index (κ1) is 13.9. The Kier molecular flexibility index (Phi) is 4.06. The molecule has 0 amide bonds. The summed E-state index contributed by atoms with van der Waals surface area (Å²) in [6.07, 6.45) is 5.35. The van der Waals surface area contributed by atoms with E-state index in [1.165, 1.54) is 0 Å². The third-order valence-electron chi connectivity index (χ3n) is 3.88. The monoisotopic (exact) mass is 288 g/mol. The van der Waals surface area contributed by atoms with Crippen LogP contribution < -0.4 is 9.80 Å². The van der Waals surface area contributed by atoms with Gasteiger partial charge in [0.2, 0.25) is 0 Å². The molecule has 0 spiro atoms. The van der Waals surface area contributed by atoms with E-state index in [-0.39, 0.29) is 12.6 Å². The lowest BCUT2D eigenvalue weighted by atomic mass is 10.2. The summed E-state index contributed by atoms with van der Waals surface area (Å²) in [7, 11) is 1.97. The number of aromatic nitrogens is 2. The molecule has 6 heteroatoms. The number of furan rings is 1. The predicted octanol–water partition coefficient (Wildman–Crippen LogP) is 1.67. The van der Waals surface area contributed by atoms with E-state index in [0.717, 1.165) is 36.8 Å². The number of anilines is 2. The first-order valence-corrected chi connectivity index (χ1v) is 7.21. The summed E-state index contributed by atoms with van der Waals surface area (Å²) in [5, 5.41) is 9.44. The Morgan fingerprint density at radius 3 is 3.14 bits per heavy atom. The maximum absolute atomic E-state index is 9.44. The predicted molar refractivity (Wildman–Crippen MR) is 80.3 cm³/mol. The minimum absolute atomic E-state index is 0.168. The highest BCUT2D eigenvalue weighted by atomic mass is 16.3. The molecule has 1 aliphatic heterocycles. The van der Waals surface area contributed by atoms with Gasteiger partial charge in [-0.25, -0.2) is 9.97 Å². The fraction of sp³-hybridized carbons (Fsp3) is 0.467. The van der Waals surface area contributed by atoms with Crippen molar-refractivity contribution in [3.05, 3.63) is 36.5 Å². The van der Waals surface area contributed by atoms with Gasteiger partial charge in [-0.05, 0) is 25.0 Å². The van der Waals surface area contributed by atoms with E-state index in [1.807, 2.05) is 30.1 Å². The number of hydrogen-bond acceptors (Lipinski definition) is 6. The maximum atomic E-state index is 9.44. The molecule has 0 aromatic carbocycles. The van der Waals surface area contributed by atoms with Crippen LogP contribution in [0.3, 0.4) is 0 Å². The van der Waals surface area contributed by atoms with Crippen LogP contribution in [0.4, 0.5) is 11.6 Å². The molecule has 3 rings (SSSR count). The summed E-state index contributed by atoms with van der Waals surface area (Å²) in [6.45, 7) is 1.76. The molecule has 1 N–H and O–H groups in total. The number of aliphatic hydroxyl groups is 1. The normalized spacial score (nSPS) is 18.2. The quantitative estimate of drug-likeness (QED) is 0.903. The van der Waals surface area contributed by atoms with Crippen LogP contribution in [0.2, 0.25) is 0 Å². The van der Waals surface area contributed by atoms with Crippen molar-refractivity contribution in [3.63, 3.8) is 0 Å². The molecule has 2 aromatic rings. The first-order chi connectivity index (χ1) is 10.3. The van der Waals surface area contributed by atoms with Crippen LogP contribution in [-0.4, -0.2) is 41.3 Å². The summed E-state index contributed by atoms with van der Waals surface area (Å²) >= 11 is 0. The standard InChI is InChI=1S/C15H20N4O2/c1-18(9-13-5-3-7-21-13)14-8-15(17-11-16-14)19-6-2-4-12(19)10-20/h3,5,7-8,11-12,20H,2,4,6,9-10H2,1H3/t12-/m1/s1. The topological polar surface area (TPSA) is 65.6 Å². The van der Waals surface area contributed by atoms with Crippen LogP contribution >= 0.6 is 0 Å². The number of aliphatic hydroxyl groups excluding tert-OH is 1. The van der Waals surface area contributed by atoms with E-state index < -0.39 is 0 Å². The van der Waals surface area contributed by atoms with Crippen molar-refractivity contribution in [2.75, 3.05) is 30.0 Å². The summed E-state index contributed by atoms with van der Waals surface area (Å²) in [5.41, 5.74) is 0. The van der Waals surface area contributed by atoms with Crippen LogP contribution in [0.25, 0.3) is 0 Å². The summed E-state index contributed by atoms with van der Waals surface area (Å²) in [4.78, 5) is 12.9. The Labute approximate surface area is 124 Å². The minimum atomic E-state index is 0.168. The minimum Gasteiger partial charge on any atom is -0.467 e. The first-order valence-electron chi connectivity index (χ1n) is 7.21. The molecule has 1 saturated heterocycles. The lowest BCUT2D eigenvalue weighted by Crippen LogP contribution is -2.33. The Balaban J connectivity index is 1.76. The molecule has 6 nitrogen and oxygen atoms in total. The van der Waals surface area contributed by atoms with Crippen LogP contribution in [0.5, 0.6) is 0 Å². The van der Waals surface area contributed by atoms with Crippen molar-refractivity contribution in [2.45, 2.75) is 25.4 Å². The molecule has 1 atom stereocenters. The molecular formula is C15H20N4O2. The Morgan fingerprint density at radius 1 is 1.48 bits per heavy atom. The molecule has 0 aliphatic carbocycles. The molecule has 0 radical (unpaired) electrons. The third kappa shape index (κ3) is 3.00. The van der Waals surface area contributed by atoms with Gasteiger partial charge >= 0.3 is 0 Å². The van der Waals surface area contributed by atoms with Crippen molar-refractivity contribution in [2.24, 2.45) is 0 Å². The molecule has 0 saturated carbocycles. The summed E-state index contributed by atoms with van der Waals surface area (Å²) in [5.74, 6) is 2.62. The molecule has 21 heavy (non-hydrogen) atoms. The van der Waals surface area contributed by atoms with E-state index in [2.05, 4.69) is 14.9 Å². The van der Waals surface area contributed by atoms with E-state index in [0.29, 0.717) is 6.54 Å². The fourth-order valence-corrected chi connectivity index (χ4v) is 2.75. The molecule has 2 aromatic heterocycles. The second-order valence-electron chi connectivity index (χ2n) is 5.34. The summed E-state index contributed by atoms with van der Waals surface area (Å²) in [6, 6.07) is 5.96. The van der Waals surface area contributed by atoms with E-state index in [4.69, 9.17) is 4.42 Å². The van der Waals surface area contributed by atoms with Crippen molar-refractivity contribution in [3.8, 4) is 0 Å². The van der Waals surface area contributed by atoms with Gasteiger partial charge in [0.05, 0.1) is 25.5 Å².